The maximum atomic E-state index is 13.1. The van der Waals surface area contributed by atoms with Gasteiger partial charge in [-0.05, 0) is 52.3 Å². The van der Waals surface area contributed by atoms with Crippen LogP contribution in [0.1, 0.15) is 50.9 Å². The summed E-state index contributed by atoms with van der Waals surface area (Å²) in [7, 11) is 0. The Morgan fingerprint density at radius 2 is 1.83 bits per heavy atom. The molecule has 1 aromatic heterocycles. The van der Waals surface area contributed by atoms with Crippen molar-refractivity contribution in [3.8, 4) is 0 Å². The molecule has 30 heavy (non-hydrogen) atoms. The van der Waals surface area contributed by atoms with Crippen molar-refractivity contribution < 1.29 is 32.0 Å². The Balaban J connectivity index is 2.09. The Morgan fingerprint density at radius 1 is 1.13 bits per heavy atom. The van der Waals surface area contributed by atoms with Crippen molar-refractivity contribution in [2.24, 2.45) is 0 Å². The molecule has 0 spiro atoms. The zero-order valence-electron chi connectivity index (χ0n) is 17.0. The molecule has 0 unspecified atom stereocenters. The van der Waals surface area contributed by atoms with Crippen LogP contribution in [0, 0.1) is 6.92 Å². The number of benzene rings is 1. The smallest absolute Gasteiger partial charge is 0.416 e. The molecule has 2 rings (SSSR count). The maximum absolute atomic E-state index is 13.1. The Hall–Kier alpha value is -3.11. The number of nitrogens with one attached hydrogen (secondary N) is 2. The molecular formula is C19H23F3N4O4. The molecule has 0 radical (unpaired) electrons. The third kappa shape index (κ3) is 7.37. The Morgan fingerprint density at radius 3 is 2.40 bits per heavy atom. The quantitative estimate of drug-likeness (QED) is 0.690. The number of nitrogens with zero attached hydrogens (tertiary/aromatic N) is 2. The van der Waals surface area contributed by atoms with E-state index in [4.69, 9.17) is 9.26 Å². The first kappa shape index (κ1) is 23.2. The van der Waals surface area contributed by atoms with Crippen molar-refractivity contribution in [2.45, 2.75) is 58.7 Å². The second-order valence-corrected chi connectivity index (χ2v) is 7.52. The van der Waals surface area contributed by atoms with Crippen LogP contribution in [-0.4, -0.2) is 27.7 Å². The number of carbonyl (C=O) groups is 2. The lowest BCUT2D eigenvalue weighted by atomic mass is 10.1. The summed E-state index contributed by atoms with van der Waals surface area (Å²) in [6.45, 7) is 6.60. The van der Waals surface area contributed by atoms with Gasteiger partial charge in [0.15, 0.2) is 5.82 Å². The minimum Gasteiger partial charge on any atom is -0.444 e. The van der Waals surface area contributed by atoms with Gasteiger partial charge in [0.05, 0.1) is 16.9 Å². The normalized spacial score (nSPS) is 11.8. The van der Waals surface area contributed by atoms with E-state index in [9.17, 15) is 22.8 Å². The van der Waals surface area contributed by atoms with Gasteiger partial charge in [0.25, 0.3) is 0 Å². The molecule has 0 bridgehead atoms. The Kier molecular flexibility index (Phi) is 7.06. The van der Waals surface area contributed by atoms with Crippen LogP contribution < -0.4 is 10.6 Å². The fourth-order valence-corrected chi connectivity index (χ4v) is 2.40. The highest BCUT2D eigenvalue weighted by Gasteiger charge is 2.31. The van der Waals surface area contributed by atoms with Crippen molar-refractivity contribution >= 4 is 23.4 Å². The van der Waals surface area contributed by atoms with Crippen LogP contribution >= 0.6 is 0 Å². The van der Waals surface area contributed by atoms with E-state index in [1.807, 2.05) is 0 Å². The molecule has 1 aromatic carbocycles. The number of hydrogen-bond donors (Lipinski definition) is 2. The SMILES string of the molecule is Cc1noc(CCCC(=O)Nc2cc(C(F)(F)F)ccc2NC(=O)OC(C)(C)C)n1. The monoisotopic (exact) mass is 428 g/mol. The number of amides is 2. The number of halogens is 3. The molecular weight excluding hydrogens is 405 g/mol. The highest BCUT2D eigenvalue weighted by molar-refractivity contribution is 5.98. The van der Waals surface area contributed by atoms with E-state index in [0.717, 1.165) is 18.2 Å². The highest BCUT2D eigenvalue weighted by atomic mass is 19.4. The van der Waals surface area contributed by atoms with E-state index in [2.05, 4.69) is 20.8 Å². The zero-order chi connectivity index (χ0) is 22.5. The average Bonchev–Trinajstić information content (AvgIpc) is 2.99. The molecule has 0 fully saturated rings. The predicted molar refractivity (Wildman–Crippen MR) is 102 cm³/mol. The summed E-state index contributed by atoms with van der Waals surface area (Å²) < 4.78 is 49.2. The minimum atomic E-state index is -4.61. The van der Waals surface area contributed by atoms with E-state index < -0.39 is 29.3 Å². The largest absolute Gasteiger partial charge is 0.444 e. The van der Waals surface area contributed by atoms with Crippen LogP contribution in [0.2, 0.25) is 0 Å². The van der Waals surface area contributed by atoms with Gasteiger partial charge in [-0.15, -0.1) is 0 Å². The van der Waals surface area contributed by atoms with E-state index in [1.54, 1.807) is 27.7 Å². The standard InChI is InChI=1S/C19H23F3N4O4/c1-11-23-16(30-26-11)7-5-6-15(27)24-14-10-12(19(20,21)22)8-9-13(14)25-17(28)29-18(2,3)4/h8-10H,5-7H2,1-4H3,(H,24,27)(H,25,28). The van der Waals surface area contributed by atoms with E-state index >= 15 is 0 Å². The Labute approximate surface area is 171 Å². The number of rotatable bonds is 6. The van der Waals surface area contributed by atoms with Crippen molar-refractivity contribution in [1.82, 2.24) is 10.1 Å². The topological polar surface area (TPSA) is 106 Å². The highest BCUT2D eigenvalue weighted by Crippen LogP contribution is 2.34. The molecule has 0 aliphatic rings. The van der Waals surface area contributed by atoms with E-state index in [1.165, 1.54) is 0 Å². The third-order valence-electron chi connectivity index (χ3n) is 3.62. The first-order valence-electron chi connectivity index (χ1n) is 9.14. The lowest BCUT2D eigenvalue weighted by molar-refractivity contribution is -0.137. The molecule has 0 aliphatic heterocycles. The van der Waals surface area contributed by atoms with Crippen LogP contribution in [0.5, 0.6) is 0 Å². The Bertz CT molecular complexity index is 904. The molecule has 8 nitrogen and oxygen atoms in total. The summed E-state index contributed by atoms with van der Waals surface area (Å²) in [5.74, 6) is 0.306. The second kappa shape index (κ2) is 9.14. The molecule has 2 aromatic rings. The van der Waals surface area contributed by atoms with E-state index in [0.29, 0.717) is 24.6 Å². The summed E-state index contributed by atoms with van der Waals surface area (Å²) >= 11 is 0. The minimum absolute atomic E-state index is 0.00352. The molecule has 2 N–H and O–H groups in total. The van der Waals surface area contributed by atoms with Gasteiger partial charge >= 0.3 is 12.3 Å². The van der Waals surface area contributed by atoms with Gasteiger partial charge < -0.3 is 14.6 Å². The van der Waals surface area contributed by atoms with Crippen molar-refractivity contribution in [1.29, 1.82) is 0 Å². The summed E-state index contributed by atoms with van der Waals surface area (Å²) in [4.78, 5) is 28.2. The second-order valence-electron chi connectivity index (χ2n) is 7.52. The molecule has 164 valence electrons. The molecule has 0 saturated heterocycles. The van der Waals surface area contributed by atoms with Gasteiger partial charge in [-0.3, -0.25) is 10.1 Å². The number of aryl methyl sites for hydroxylation is 2. The van der Waals surface area contributed by atoms with Crippen LogP contribution in [0.3, 0.4) is 0 Å². The number of aromatic nitrogens is 2. The van der Waals surface area contributed by atoms with Crippen LogP contribution in [0.15, 0.2) is 22.7 Å². The summed E-state index contributed by atoms with van der Waals surface area (Å²) in [5.41, 5.74) is -1.96. The molecule has 0 saturated carbocycles. The molecule has 0 aliphatic carbocycles. The molecule has 11 heteroatoms. The van der Waals surface area contributed by atoms with Gasteiger partial charge in [0.2, 0.25) is 11.8 Å². The summed E-state index contributed by atoms with van der Waals surface area (Å²) in [5, 5.41) is 8.40. The maximum Gasteiger partial charge on any atom is 0.416 e. The van der Waals surface area contributed by atoms with Crippen LogP contribution in [-0.2, 0) is 22.1 Å². The van der Waals surface area contributed by atoms with Gasteiger partial charge in [0.1, 0.15) is 5.60 Å². The van der Waals surface area contributed by atoms with Gasteiger partial charge in [-0.2, -0.15) is 18.2 Å². The number of alkyl halides is 3. The van der Waals surface area contributed by atoms with Crippen molar-refractivity contribution in [3.63, 3.8) is 0 Å². The summed E-state index contributed by atoms with van der Waals surface area (Å²) in [6.07, 6.45) is -4.77. The third-order valence-corrected chi connectivity index (χ3v) is 3.62. The number of anilines is 2. The number of hydrogen-bond acceptors (Lipinski definition) is 6. The molecule has 1 heterocycles. The van der Waals surface area contributed by atoms with E-state index in [-0.39, 0.29) is 17.8 Å². The van der Waals surface area contributed by atoms with Crippen LogP contribution in [0.4, 0.5) is 29.3 Å². The lowest BCUT2D eigenvalue weighted by Gasteiger charge is -2.21. The first-order valence-corrected chi connectivity index (χ1v) is 9.14. The summed E-state index contributed by atoms with van der Waals surface area (Å²) in [6, 6.07) is 2.62. The predicted octanol–water partition coefficient (Wildman–Crippen LogP) is 4.71. The zero-order valence-corrected chi connectivity index (χ0v) is 17.0. The van der Waals surface area contributed by atoms with Gasteiger partial charge in [-0.25, -0.2) is 4.79 Å². The lowest BCUT2D eigenvalue weighted by Crippen LogP contribution is -2.27. The average molecular weight is 428 g/mol. The first-order chi connectivity index (χ1) is 13.8. The molecule has 2 amide bonds. The number of carbonyl (C=O) groups excluding carboxylic acids is 2. The number of ether oxygens (including phenoxy) is 1. The fourth-order valence-electron chi connectivity index (χ4n) is 2.40. The van der Waals surface area contributed by atoms with Crippen molar-refractivity contribution in [3.05, 3.63) is 35.5 Å². The molecule has 0 atom stereocenters. The van der Waals surface area contributed by atoms with Crippen LogP contribution in [0.25, 0.3) is 0 Å². The van der Waals surface area contributed by atoms with Gasteiger partial charge in [0, 0.05) is 12.8 Å². The van der Waals surface area contributed by atoms with Crippen molar-refractivity contribution in [2.75, 3.05) is 10.6 Å². The van der Waals surface area contributed by atoms with Gasteiger partial charge in [-0.1, -0.05) is 5.16 Å². The fraction of sp³-hybridized carbons (Fsp3) is 0.474.